The molecule has 0 radical (unpaired) electrons. The van der Waals surface area contributed by atoms with Crippen LogP contribution in [0.2, 0.25) is 0 Å². The van der Waals surface area contributed by atoms with Crippen LogP contribution in [0.3, 0.4) is 0 Å². The first-order valence-corrected chi connectivity index (χ1v) is 8.48. The van der Waals surface area contributed by atoms with Crippen molar-refractivity contribution in [3.8, 4) is 0 Å². The van der Waals surface area contributed by atoms with Gasteiger partial charge in [0.1, 0.15) is 5.69 Å². The lowest BCUT2D eigenvalue weighted by Gasteiger charge is -2.27. The van der Waals surface area contributed by atoms with E-state index in [-0.39, 0.29) is 30.4 Å². The van der Waals surface area contributed by atoms with Gasteiger partial charge in [-0.2, -0.15) is 0 Å². The van der Waals surface area contributed by atoms with E-state index in [9.17, 15) is 14.4 Å². The lowest BCUT2D eigenvalue weighted by atomic mass is 9.99. The largest absolute Gasteiger partial charge is 0.464 e. The van der Waals surface area contributed by atoms with Crippen LogP contribution in [0.15, 0.2) is 22.8 Å². The number of methoxy groups -OCH3 is 2. The van der Waals surface area contributed by atoms with Crippen LogP contribution in [0.1, 0.15) is 49.6 Å². The maximum Gasteiger partial charge on any atom is 0.354 e. The summed E-state index contributed by atoms with van der Waals surface area (Å²) in [6, 6.07) is 2.37. The Morgan fingerprint density at radius 1 is 1.26 bits per heavy atom. The number of nitrogens with zero attached hydrogens (tertiary/aromatic N) is 1. The average molecular weight is 376 g/mol. The maximum absolute atomic E-state index is 13.2. The molecule has 0 bridgehead atoms. The van der Waals surface area contributed by atoms with Crippen molar-refractivity contribution in [3.05, 3.63) is 46.7 Å². The zero-order valence-electron chi connectivity index (χ0n) is 16.1. The molecule has 1 atom stereocenters. The van der Waals surface area contributed by atoms with E-state index in [1.165, 1.54) is 25.4 Å². The van der Waals surface area contributed by atoms with Crippen molar-refractivity contribution in [1.29, 1.82) is 0 Å². The Kier molecular flexibility index (Phi) is 6.57. The van der Waals surface area contributed by atoms with E-state index in [2.05, 4.69) is 4.98 Å². The molecule has 2 aromatic rings. The van der Waals surface area contributed by atoms with Crippen molar-refractivity contribution < 1.29 is 28.3 Å². The van der Waals surface area contributed by atoms with Gasteiger partial charge in [0, 0.05) is 24.9 Å². The summed E-state index contributed by atoms with van der Waals surface area (Å²) in [6.07, 6.45) is 1.40. The fourth-order valence-electron chi connectivity index (χ4n) is 2.98. The van der Waals surface area contributed by atoms with Gasteiger partial charge >= 0.3 is 5.97 Å². The molecule has 2 aromatic heterocycles. The van der Waals surface area contributed by atoms with Gasteiger partial charge in [0.15, 0.2) is 11.5 Å². The maximum atomic E-state index is 13.2. The van der Waals surface area contributed by atoms with E-state index >= 15 is 0 Å². The number of aromatic nitrogens is 1. The molecule has 1 amide bonds. The highest BCUT2D eigenvalue weighted by atomic mass is 16.5. The number of esters is 1. The van der Waals surface area contributed by atoms with Crippen molar-refractivity contribution in [2.75, 3.05) is 27.4 Å². The van der Waals surface area contributed by atoms with E-state index in [1.54, 1.807) is 32.9 Å². The molecule has 2 heterocycles. The van der Waals surface area contributed by atoms with Gasteiger partial charge in [0.25, 0.3) is 5.91 Å². The SMILES string of the molecule is COCCN(C(=O)c1ccco1)C(C)C(=O)c1c(C)[nH]c(C(=O)OC)c1C. The summed E-state index contributed by atoms with van der Waals surface area (Å²) in [5.41, 5.74) is 1.64. The molecule has 1 N–H and O–H groups in total. The van der Waals surface area contributed by atoms with E-state index in [0.29, 0.717) is 16.8 Å². The topological polar surface area (TPSA) is 102 Å². The Bertz CT molecular complexity index is 822. The van der Waals surface area contributed by atoms with Gasteiger partial charge in [-0.3, -0.25) is 9.59 Å². The summed E-state index contributed by atoms with van der Waals surface area (Å²) >= 11 is 0. The van der Waals surface area contributed by atoms with E-state index in [0.717, 1.165) is 0 Å². The van der Waals surface area contributed by atoms with Gasteiger partial charge in [-0.05, 0) is 38.5 Å². The first-order chi connectivity index (χ1) is 12.8. The molecule has 0 aliphatic carbocycles. The first-order valence-electron chi connectivity index (χ1n) is 8.48. The normalized spacial score (nSPS) is 11.9. The second kappa shape index (κ2) is 8.68. The minimum absolute atomic E-state index is 0.142. The van der Waals surface area contributed by atoms with Gasteiger partial charge in [-0.1, -0.05) is 0 Å². The lowest BCUT2D eigenvalue weighted by Crippen LogP contribution is -2.45. The number of hydrogen-bond acceptors (Lipinski definition) is 6. The average Bonchev–Trinajstić information content (AvgIpc) is 3.28. The summed E-state index contributed by atoms with van der Waals surface area (Å²) in [6.45, 7) is 5.50. The zero-order valence-corrected chi connectivity index (χ0v) is 16.1. The number of rotatable bonds is 8. The molecule has 0 aliphatic rings. The van der Waals surface area contributed by atoms with Crippen molar-refractivity contribution in [2.45, 2.75) is 26.8 Å². The number of ketones is 1. The number of carbonyl (C=O) groups excluding carboxylic acids is 3. The molecule has 8 heteroatoms. The standard InChI is InChI=1S/C19H24N2O6/c1-11-15(12(2)20-16(11)19(24)26-5)17(22)13(3)21(8-10-25-4)18(23)14-7-6-9-27-14/h6-7,9,13,20H,8,10H2,1-5H3. The quantitative estimate of drug-likeness (QED) is 0.561. The Morgan fingerprint density at radius 2 is 1.96 bits per heavy atom. The van der Waals surface area contributed by atoms with E-state index in [4.69, 9.17) is 13.9 Å². The minimum Gasteiger partial charge on any atom is -0.464 e. The summed E-state index contributed by atoms with van der Waals surface area (Å²) in [5, 5.41) is 0. The number of nitrogens with one attached hydrogen (secondary N) is 1. The second-order valence-corrected chi connectivity index (χ2v) is 6.13. The van der Waals surface area contributed by atoms with Crippen LogP contribution in [-0.2, 0) is 9.47 Å². The van der Waals surface area contributed by atoms with Gasteiger partial charge in [-0.15, -0.1) is 0 Å². The second-order valence-electron chi connectivity index (χ2n) is 6.13. The van der Waals surface area contributed by atoms with Crippen LogP contribution < -0.4 is 0 Å². The van der Waals surface area contributed by atoms with E-state index < -0.39 is 17.9 Å². The summed E-state index contributed by atoms with van der Waals surface area (Å²) in [5.74, 6) is -1.10. The van der Waals surface area contributed by atoms with E-state index in [1.807, 2.05) is 0 Å². The van der Waals surface area contributed by atoms with Crippen molar-refractivity contribution >= 4 is 17.7 Å². The highest BCUT2D eigenvalue weighted by molar-refractivity contribution is 6.07. The number of ether oxygens (including phenoxy) is 2. The molecule has 0 fully saturated rings. The van der Waals surface area contributed by atoms with Crippen LogP contribution in [0.5, 0.6) is 0 Å². The van der Waals surface area contributed by atoms with Gasteiger partial charge < -0.3 is 23.8 Å². The molecule has 0 aromatic carbocycles. The smallest absolute Gasteiger partial charge is 0.354 e. The molecular weight excluding hydrogens is 352 g/mol. The molecule has 2 rings (SSSR count). The molecule has 1 unspecified atom stereocenters. The number of amides is 1. The number of furan rings is 1. The van der Waals surface area contributed by atoms with Crippen molar-refractivity contribution in [1.82, 2.24) is 9.88 Å². The van der Waals surface area contributed by atoms with Crippen LogP contribution in [0.25, 0.3) is 0 Å². The predicted molar refractivity (Wildman–Crippen MR) is 97.0 cm³/mol. The highest BCUT2D eigenvalue weighted by Crippen LogP contribution is 2.22. The Balaban J connectivity index is 2.36. The molecular formula is C19H24N2O6. The van der Waals surface area contributed by atoms with Crippen molar-refractivity contribution in [3.63, 3.8) is 0 Å². The van der Waals surface area contributed by atoms with Gasteiger partial charge in [-0.25, -0.2) is 4.79 Å². The number of H-pyrrole nitrogens is 1. The van der Waals surface area contributed by atoms with Crippen molar-refractivity contribution in [2.24, 2.45) is 0 Å². The summed E-state index contributed by atoms with van der Waals surface area (Å²) < 4.78 is 15.0. The fraction of sp³-hybridized carbons (Fsp3) is 0.421. The molecule has 0 spiro atoms. The van der Waals surface area contributed by atoms with Gasteiger partial charge in [0.05, 0.1) is 26.0 Å². The lowest BCUT2D eigenvalue weighted by molar-refractivity contribution is 0.0539. The summed E-state index contributed by atoms with van der Waals surface area (Å²) in [4.78, 5) is 42.1. The molecule has 27 heavy (non-hydrogen) atoms. The zero-order chi connectivity index (χ0) is 20.1. The molecule has 146 valence electrons. The molecule has 0 aliphatic heterocycles. The Labute approximate surface area is 157 Å². The number of hydrogen-bond donors (Lipinski definition) is 1. The number of carbonyl (C=O) groups is 3. The predicted octanol–water partition coefficient (Wildman–Crippen LogP) is 2.37. The van der Waals surface area contributed by atoms with Crippen LogP contribution >= 0.6 is 0 Å². The number of Topliss-reactive ketones (excluding diaryl/α,β-unsaturated/α-hetero) is 1. The third-order valence-corrected chi connectivity index (χ3v) is 4.45. The Hall–Kier alpha value is -2.87. The number of aryl methyl sites for hydroxylation is 1. The molecule has 8 nitrogen and oxygen atoms in total. The highest BCUT2D eigenvalue weighted by Gasteiger charge is 2.32. The molecule has 0 saturated carbocycles. The first kappa shape index (κ1) is 20.4. The third-order valence-electron chi connectivity index (χ3n) is 4.45. The fourth-order valence-corrected chi connectivity index (χ4v) is 2.98. The summed E-state index contributed by atoms with van der Waals surface area (Å²) in [7, 11) is 2.79. The minimum atomic E-state index is -0.781. The van der Waals surface area contributed by atoms with Gasteiger partial charge in [0.2, 0.25) is 0 Å². The van der Waals surface area contributed by atoms with Crippen LogP contribution in [0.4, 0.5) is 0 Å². The molecule has 0 saturated heterocycles. The van der Waals surface area contributed by atoms with Crippen LogP contribution in [0, 0.1) is 13.8 Å². The Morgan fingerprint density at radius 3 is 2.52 bits per heavy atom. The third kappa shape index (κ3) is 4.11. The van der Waals surface area contributed by atoms with Crippen LogP contribution in [-0.4, -0.2) is 61.0 Å². The number of aromatic amines is 1. The monoisotopic (exact) mass is 376 g/mol.